The Bertz CT molecular complexity index is 733. The van der Waals surface area contributed by atoms with E-state index in [0.717, 1.165) is 12.1 Å². The third kappa shape index (κ3) is 2.74. The lowest BCUT2D eigenvalue weighted by Gasteiger charge is -2.12. The minimum absolute atomic E-state index is 0.0252. The molecule has 108 valence electrons. The lowest BCUT2D eigenvalue weighted by atomic mass is 9.92. The molecule has 0 heterocycles. The average Bonchev–Trinajstić information content (AvgIpc) is 2.36. The number of rotatable bonds is 3. The first-order chi connectivity index (χ1) is 9.81. The molecule has 0 spiro atoms. The van der Waals surface area contributed by atoms with E-state index in [1.54, 1.807) is 0 Å². The van der Waals surface area contributed by atoms with Gasteiger partial charge >= 0.3 is 11.9 Å². The van der Waals surface area contributed by atoms with Crippen LogP contribution >= 0.6 is 0 Å². The summed E-state index contributed by atoms with van der Waals surface area (Å²) in [4.78, 5) is 22.4. The van der Waals surface area contributed by atoms with Gasteiger partial charge in [-0.25, -0.2) is 18.4 Å². The van der Waals surface area contributed by atoms with Crippen LogP contribution in [0, 0.1) is 18.6 Å². The molecular formula is C15H10F2O4. The fourth-order valence-electron chi connectivity index (χ4n) is 2.17. The van der Waals surface area contributed by atoms with Crippen molar-refractivity contribution in [2.45, 2.75) is 6.92 Å². The fourth-order valence-corrected chi connectivity index (χ4v) is 2.17. The van der Waals surface area contributed by atoms with Crippen molar-refractivity contribution in [3.63, 3.8) is 0 Å². The summed E-state index contributed by atoms with van der Waals surface area (Å²) in [5, 5.41) is 18.3. The predicted molar refractivity (Wildman–Crippen MR) is 70.4 cm³/mol. The Kier molecular flexibility index (Phi) is 3.71. The SMILES string of the molecule is Cc1c(C(=O)O)ccc(-c2cc(F)cc(F)c2)c1C(=O)O. The van der Waals surface area contributed by atoms with Crippen LogP contribution in [-0.4, -0.2) is 22.2 Å². The molecular weight excluding hydrogens is 282 g/mol. The molecule has 0 bridgehead atoms. The van der Waals surface area contributed by atoms with E-state index < -0.39 is 23.6 Å². The van der Waals surface area contributed by atoms with E-state index in [1.807, 2.05) is 0 Å². The number of hydrogen-bond donors (Lipinski definition) is 2. The molecule has 0 aliphatic carbocycles. The molecule has 0 saturated carbocycles. The van der Waals surface area contributed by atoms with Crippen LogP contribution in [-0.2, 0) is 0 Å². The highest BCUT2D eigenvalue weighted by Gasteiger charge is 2.20. The molecule has 4 nitrogen and oxygen atoms in total. The molecule has 0 atom stereocenters. The molecule has 0 aliphatic heterocycles. The van der Waals surface area contributed by atoms with Gasteiger partial charge in [0, 0.05) is 6.07 Å². The quantitative estimate of drug-likeness (QED) is 0.909. The maximum absolute atomic E-state index is 13.3. The smallest absolute Gasteiger partial charge is 0.336 e. The first-order valence-electron chi connectivity index (χ1n) is 5.88. The summed E-state index contributed by atoms with van der Waals surface area (Å²) in [5.41, 5.74) is -0.349. The van der Waals surface area contributed by atoms with E-state index in [0.29, 0.717) is 6.07 Å². The number of halogens is 2. The predicted octanol–water partition coefficient (Wildman–Crippen LogP) is 3.34. The Morgan fingerprint density at radius 2 is 1.52 bits per heavy atom. The molecule has 0 fully saturated rings. The summed E-state index contributed by atoms with van der Waals surface area (Å²) >= 11 is 0. The number of carbonyl (C=O) groups is 2. The van der Waals surface area contributed by atoms with E-state index >= 15 is 0 Å². The van der Waals surface area contributed by atoms with Gasteiger partial charge in [0.05, 0.1) is 11.1 Å². The van der Waals surface area contributed by atoms with E-state index in [1.165, 1.54) is 19.1 Å². The number of carboxylic acids is 2. The van der Waals surface area contributed by atoms with Crippen molar-refractivity contribution < 1.29 is 28.6 Å². The van der Waals surface area contributed by atoms with Crippen molar-refractivity contribution in [3.05, 3.63) is 58.7 Å². The Hall–Kier alpha value is -2.76. The zero-order chi connectivity index (χ0) is 15.7. The van der Waals surface area contributed by atoms with Gasteiger partial charge < -0.3 is 10.2 Å². The maximum atomic E-state index is 13.3. The van der Waals surface area contributed by atoms with Gasteiger partial charge in [-0.15, -0.1) is 0 Å². The van der Waals surface area contributed by atoms with Crippen LogP contribution in [0.15, 0.2) is 30.3 Å². The highest BCUT2D eigenvalue weighted by molar-refractivity contribution is 6.02. The first-order valence-corrected chi connectivity index (χ1v) is 5.88. The third-order valence-electron chi connectivity index (χ3n) is 3.08. The van der Waals surface area contributed by atoms with Crippen LogP contribution in [0.2, 0.25) is 0 Å². The Balaban J connectivity index is 2.77. The molecule has 0 radical (unpaired) electrons. The number of hydrogen-bond acceptors (Lipinski definition) is 2. The number of aromatic carboxylic acids is 2. The van der Waals surface area contributed by atoms with E-state index in [9.17, 15) is 23.5 Å². The lowest BCUT2D eigenvalue weighted by molar-refractivity contribution is 0.0696. The molecule has 21 heavy (non-hydrogen) atoms. The van der Waals surface area contributed by atoms with Crippen molar-refractivity contribution in [1.29, 1.82) is 0 Å². The Morgan fingerprint density at radius 1 is 0.952 bits per heavy atom. The van der Waals surface area contributed by atoms with E-state index in [4.69, 9.17) is 5.11 Å². The second-order valence-electron chi connectivity index (χ2n) is 4.43. The number of benzene rings is 2. The van der Waals surface area contributed by atoms with Crippen molar-refractivity contribution in [1.82, 2.24) is 0 Å². The molecule has 0 unspecified atom stereocenters. The molecule has 0 amide bonds. The normalized spacial score (nSPS) is 10.4. The number of carboxylic acid groups (broad SMARTS) is 2. The molecule has 0 saturated heterocycles. The monoisotopic (exact) mass is 292 g/mol. The minimum Gasteiger partial charge on any atom is -0.478 e. The fraction of sp³-hybridized carbons (Fsp3) is 0.0667. The van der Waals surface area contributed by atoms with Crippen molar-refractivity contribution in [2.75, 3.05) is 0 Å². The molecule has 2 rings (SSSR count). The third-order valence-corrected chi connectivity index (χ3v) is 3.08. The van der Waals surface area contributed by atoms with Gasteiger partial charge in [-0.05, 0) is 41.8 Å². The van der Waals surface area contributed by atoms with Crippen LogP contribution in [0.25, 0.3) is 11.1 Å². The lowest BCUT2D eigenvalue weighted by Crippen LogP contribution is -2.09. The van der Waals surface area contributed by atoms with E-state index in [2.05, 4.69) is 0 Å². The van der Waals surface area contributed by atoms with Gasteiger partial charge in [-0.2, -0.15) is 0 Å². The molecule has 0 aromatic heterocycles. The van der Waals surface area contributed by atoms with E-state index in [-0.39, 0.29) is 27.8 Å². The summed E-state index contributed by atoms with van der Waals surface area (Å²) in [5.74, 6) is -4.33. The zero-order valence-corrected chi connectivity index (χ0v) is 10.9. The van der Waals surface area contributed by atoms with Gasteiger partial charge in [-0.3, -0.25) is 0 Å². The second-order valence-corrected chi connectivity index (χ2v) is 4.43. The van der Waals surface area contributed by atoms with Gasteiger partial charge in [0.2, 0.25) is 0 Å². The highest BCUT2D eigenvalue weighted by atomic mass is 19.1. The summed E-state index contributed by atoms with van der Waals surface area (Å²) < 4.78 is 26.5. The minimum atomic E-state index is -1.37. The molecule has 6 heteroatoms. The second kappa shape index (κ2) is 5.32. The maximum Gasteiger partial charge on any atom is 0.336 e. The zero-order valence-electron chi connectivity index (χ0n) is 10.9. The molecule has 2 aromatic rings. The van der Waals surface area contributed by atoms with Gasteiger partial charge in [0.15, 0.2) is 0 Å². The van der Waals surface area contributed by atoms with Crippen LogP contribution < -0.4 is 0 Å². The topological polar surface area (TPSA) is 74.6 Å². The summed E-state index contributed by atoms with van der Waals surface area (Å²) in [6, 6.07) is 5.09. The van der Waals surface area contributed by atoms with Gasteiger partial charge in [0.1, 0.15) is 11.6 Å². The molecule has 2 N–H and O–H groups in total. The standard InChI is InChI=1S/C15H10F2O4/c1-7-11(14(18)19)2-3-12(13(7)15(20)21)8-4-9(16)6-10(17)5-8/h2-6H,1H3,(H,18,19)(H,20,21). The van der Waals surface area contributed by atoms with Crippen LogP contribution in [0.3, 0.4) is 0 Å². The highest BCUT2D eigenvalue weighted by Crippen LogP contribution is 2.29. The molecule has 0 aliphatic rings. The average molecular weight is 292 g/mol. The van der Waals surface area contributed by atoms with Gasteiger partial charge in [-0.1, -0.05) is 6.07 Å². The van der Waals surface area contributed by atoms with Crippen LogP contribution in [0.5, 0.6) is 0 Å². The van der Waals surface area contributed by atoms with Crippen LogP contribution in [0.1, 0.15) is 26.3 Å². The van der Waals surface area contributed by atoms with Gasteiger partial charge in [0.25, 0.3) is 0 Å². The Morgan fingerprint density at radius 3 is 2.00 bits per heavy atom. The summed E-state index contributed by atoms with van der Waals surface area (Å²) in [6.45, 7) is 1.34. The first kappa shape index (κ1) is 14.6. The Labute approximate surface area is 118 Å². The van der Waals surface area contributed by atoms with Crippen molar-refractivity contribution >= 4 is 11.9 Å². The van der Waals surface area contributed by atoms with Crippen molar-refractivity contribution in [2.24, 2.45) is 0 Å². The largest absolute Gasteiger partial charge is 0.478 e. The molecule has 2 aromatic carbocycles. The van der Waals surface area contributed by atoms with Crippen molar-refractivity contribution in [3.8, 4) is 11.1 Å². The summed E-state index contributed by atoms with van der Waals surface area (Å²) in [6.07, 6.45) is 0. The van der Waals surface area contributed by atoms with Crippen LogP contribution in [0.4, 0.5) is 8.78 Å². The summed E-state index contributed by atoms with van der Waals surface area (Å²) in [7, 11) is 0.